The molecule has 3 fully saturated rings. The molecule has 2 aliphatic heterocycles. The molecule has 2 heterocycles. The minimum absolute atomic E-state index is 0.0311. The third-order valence-electron chi connectivity index (χ3n) is 5.37. The average Bonchev–Trinajstić information content (AvgIpc) is 2.90. The van der Waals surface area contributed by atoms with Gasteiger partial charge in [-0.25, -0.2) is 4.79 Å². The van der Waals surface area contributed by atoms with Crippen molar-refractivity contribution in [3.8, 4) is 0 Å². The predicted molar refractivity (Wildman–Crippen MR) is 75.9 cm³/mol. The topological polar surface area (TPSA) is 66.6 Å². The van der Waals surface area contributed by atoms with E-state index in [1.165, 1.54) is 25.7 Å². The van der Waals surface area contributed by atoms with Crippen LogP contribution in [-0.4, -0.2) is 47.9 Å². The summed E-state index contributed by atoms with van der Waals surface area (Å²) in [4.78, 5) is 27.6. The second kappa shape index (κ2) is 5.62. The first-order chi connectivity index (χ1) is 9.65. The number of nitrogens with two attached hydrogens (primary N) is 1. The molecule has 0 aromatic rings. The minimum Gasteiger partial charge on any atom is -0.351 e. The van der Waals surface area contributed by atoms with Crippen LogP contribution in [0, 0.1) is 17.8 Å². The molecule has 3 atom stereocenters. The van der Waals surface area contributed by atoms with Gasteiger partial charge in [-0.3, -0.25) is 4.79 Å². The highest BCUT2D eigenvalue weighted by Crippen LogP contribution is 2.37. The van der Waals surface area contributed by atoms with Crippen molar-refractivity contribution in [2.45, 2.75) is 38.5 Å². The summed E-state index contributed by atoms with van der Waals surface area (Å²) in [6.07, 6.45) is 7.00. The third-order valence-corrected chi connectivity index (χ3v) is 5.37. The van der Waals surface area contributed by atoms with Gasteiger partial charge in [0.2, 0.25) is 5.91 Å². The quantitative estimate of drug-likeness (QED) is 0.789. The summed E-state index contributed by atoms with van der Waals surface area (Å²) in [6.45, 7) is 3.09. The Balaban J connectivity index is 1.60. The van der Waals surface area contributed by atoms with E-state index in [0.29, 0.717) is 13.1 Å². The number of piperidine rings is 1. The molecule has 3 amide bonds. The van der Waals surface area contributed by atoms with Crippen molar-refractivity contribution in [2.24, 2.45) is 23.5 Å². The van der Waals surface area contributed by atoms with Gasteiger partial charge in [0.25, 0.3) is 0 Å². The van der Waals surface area contributed by atoms with E-state index in [1.54, 1.807) is 4.90 Å². The van der Waals surface area contributed by atoms with Gasteiger partial charge in [0, 0.05) is 26.2 Å². The number of rotatable bonds is 1. The standard InChI is InChI=1S/C15H25N3O2/c16-15(20)17-7-3-6-13(10-17)14(19)18-8-11-4-1-2-5-12(11)9-18/h11-13H,1-10H2,(H2,16,20)/t11-,12+,13-/m1/s1. The predicted octanol–water partition coefficient (Wildman–Crippen LogP) is 1.43. The molecule has 2 saturated heterocycles. The van der Waals surface area contributed by atoms with Crippen molar-refractivity contribution in [3.63, 3.8) is 0 Å². The monoisotopic (exact) mass is 279 g/mol. The summed E-state index contributed by atoms with van der Waals surface area (Å²) in [5.74, 6) is 1.67. The van der Waals surface area contributed by atoms with E-state index in [2.05, 4.69) is 4.90 Å². The van der Waals surface area contributed by atoms with E-state index in [0.717, 1.165) is 37.8 Å². The fourth-order valence-corrected chi connectivity index (χ4v) is 4.22. The van der Waals surface area contributed by atoms with Crippen LogP contribution in [0.1, 0.15) is 38.5 Å². The molecule has 112 valence electrons. The van der Waals surface area contributed by atoms with Crippen LogP contribution in [0.15, 0.2) is 0 Å². The zero-order valence-corrected chi connectivity index (χ0v) is 12.1. The van der Waals surface area contributed by atoms with Crippen LogP contribution in [0.4, 0.5) is 4.79 Å². The lowest BCUT2D eigenvalue weighted by molar-refractivity contribution is -0.136. The Morgan fingerprint density at radius 1 is 0.850 bits per heavy atom. The van der Waals surface area contributed by atoms with Crippen LogP contribution < -0.4 is 5.73 Å². The highest BCUT2D eigenvalue weighted by molar-refractivity contribution is 5.81. The molecule has 3 rings (SSSR count). The number of fused-ring (bicyclic) bond motifs is 1. The largest absolute Gasteiger partial charge is 0.351 e. The van der Waals surface area contributed by atoms with Gasteiger partial charge in [0.15, 0.2) is 0 Å². The van der Waals surface area contributed by atoms with Crippen molar-refractivity contribution in [3.05, 3.63) is 0 Å². The third kappa shape index (κ3) is 2.63. The molecule has 0 spiro atoms. The van der Waals surface area contributed by atoms with Gasteiger partial charge < -0.3 is 15.5 Å². The normalized spacial score (nSPS) is 33.9. The summed E-state index contributed by atoms with van der Waals surface area (Å²) in [6, 6.07) is -0.391. The molecule has 5 heteroatoms. The van der Waals surface area contributed by atoms with E-state index in [1.807, 2.05) is 0 Å². The van der Waals surface area contributed by atoms with E-state index < -0.39 is 6.03 Å². The van der Waals surface area contributed by atoms with Crippen molar-refractivity contribution < 1.29 is 9.59 Å². The summed E-state index contributed by atoms with van der Waals surface area (Å²) >= 11 is 0. The highest BCUT2D eigenvalue weighted by Gasteiger charge is 2.39. The van der Waals surface area contributed by atoms with Crippen LogP contribution >= 0.6 is 0 Å². The van der Waals surface area contributed by atoms with Gasteiger partial charge in [-0.05, 0) is 37.5 Å². The number of nitrogens with zero attached hydrogens (tertiary/aromatic N) is 2. The fourth-order valence-electron chi connectivity index (χ4n) is 4.22. The Morgan fingerprint density at radius 3 is 2.10 bits per heavy atom. The summed E-state index contributed by atoms with van der Waals surface area (Å²) < 4.78 is 0. The summed E-state index contributed by atoms with van der Waals surface area (Å²) in [5.41, 5.74) is 5.34. The molecule has 0 aromatic heterocycles. The Kier molecular flexibility index (Phi) is 3.85. The molecule has 0 radical (unpaired) electrons. The van der Waals surface area contributed by atoms with Crippen LogP contribution in [0.2, 0.25) is 0 Å². The van der Waals surface area contributed by atoms with Gasteiger partial charge in [-0.1, -0.05) is 12.8 Å². The first kappa shape index (κ1) is 13.7. The van der Waals surface area contributed by atoms with Gasteiger partial charge in [0.1, 0.15) is 0 Å². The second-order valence-electron chi connectivity index (χ2n) is 6.67. The second-order valence-corrected chi connectivity index (χ2v) is 6.67. The van der Waals surface area contributed by atoms with Gasteiger partial charge in [-0.15, -0.1) is 0 Å². The Hall–Kier alpha value is -1.26. The Bertz CT molecular complexity index is 385. The molecular weight excluding hydrogens is 254 g/mol. The van der Waals surface area contributed by atoms with E-state index in [-0.39, 0.29) is 11.8 Å². The zero-order chi connectivity index (χ0) is 14.1. The van der Waals surface area contributed by atoms with E-state index >= 15 is 0 Å². The molecule has 5 nitrogen and oxygen atoms in total. The number of carbonyl (C=O) groups excluding carboxylic acids is 2. The van der Waals surface area contributed by atoms with E-state index in [4.69, 9.17) is 5.73 Å². The molecule has 0 bridgehead atoms. The SMILES string of the molecule is NC(=O)N1CCC[C@@H](C(=O)N2C[C@H]3CCCC[C@H]3C2)C1. The molecule has 20 heavy (non-hydrogen) atoms. The summed E-state index contributed by atoms with van der Waals surface area (Å²) in [7, 11) is 0. The summed E-state index contributed by atoms with van der Waals surface area (Å²) in [5, 5.41) is 0. The Morgan fingerprint density at radius 2 is 1.50 bits per heavy atom. The first-order valence-electron chi connectivity index (χ1n) is 7.98. The van der Waals surface area contributed by atoms with E-state index in [9.17, 15) is 9.59 Å². The van der Waals surface area contributed by atoms with Crippen molar-refractivity contribution >= 4 is 11.9 Å². The number of urea groups is 1. The molecule has 1 saturated carbocycles. The molecule has 2 N–H and O–H groups in total. The molecule has 0 aromatic carbocycles. The lowest BCUT2D eigenvalue weighted by Gasteiger charge is -2.33. The van der Waals surface area contributed by atoms with Crippen molar-refractivity contribution in [1.29, 1.82) is 0 Å². The van der Waals surface area contributed by atoms with Crippen LogP contribution in [-0.2, 0) is 4.79 Å². The smallest absolute Gasteiger partial charge is 0.314 e. The lowest BCUT2D eigenvalue weighted by atomic mass is 9.82. The number of primary amides is 1. The van der Waals surface area contributed by atoms with Crippen molar-refractivity contribution in [1.82, 2.24) is 9.80 Å². The maximum Gasteiger partial charge on any atom is 0.314 e. The minimum atomic E-state index is -0.391. The molecule has 0 unspecified atom stereocenters. The van der Waals surface area contributed by atoms with Crippen LogP contribution in [0.25, 0.3) is 0 Å². The van der Waals surface area contributed by atoms with Gasteiger partial charge in [-0.2, -0.15) is 0 Å². The maximum absolute atomic E-state index is 12.7. The number of carbonyl (C=O) groups is 2. The van der Waals surface area contributed by atoms with Crippen LogP contribution in [0.3, 0.4) is 0 Å². The fraction of sp³-hybridized carbons (Fsp3) is 0.867. The number of hydrogen-bond acceptors (Lipinski definition) is 2. The first-order valence-corrected chi connectivity index (χ1v) is 7.98. The highest BCUT2D eigenvalue weighted by atomic mass is 16.2. The lowest BCUT2D eigenvalue weighted by Crippen LogP contribution is -2.48. The number of hydrogen-bond donors (Lipinski definition) is 1. The average molecular weight is 279 g/mol. The maximum atomic E-state index is 12.7. The van der Waals surface area contributed by atoms with Crippen molar-refractivity contribution in [2.75, 3.05) is 26.2 Å². The molecular formula is C15H25N3O2. The Labute approximate surface area is 120 Å². The van der Waals surface area contributed by atoms with Crippen LogP contribution in [0.5, 0.6) is 0 Å². The number of amides is 3. The molecule has 1 aliphatic carbocycles. The van der Waals surface area contributed by atoms with Gasteiger partial charge >= 0.3 is 6.03 Å². The zero-order valence-electron chi connectivity index (χ0n) is 12.1. The molecule has 3 aliphatic rings. The van der Waals surface area contributed by atoms with Gasteiger partial charge in [0.05, 0.1) is 5.92 Å². The number of likely N-dealkylation sites (tertiary alicyclic amines) is 2.